The molecule has 0 spiro atoms. The Kier molecular flexibility index (Phi) is 8.06. The van der Waals surface area contributed by atoms with E-state index in [9.17, 15) is 16.8 Å². The number of pyridine rings is 1. The van der Waals surface area contributed by atoms with Crippen LogP contribution in [0.2, 0.25) is 10.0 Å². The van der Waals surface area contributed by atoms with Crippen LogP contribution in [0, 0.1) is 0 Å². The van der Waals surface area contributed by atoms with Gasteiger partial charge in [-0.2, -0.15) is 8.61 Å². The number of piperidine rings is 1. The Morgan fingerprint density at radius 2 is 1.68 bits per heavy atom. The molecule has 3 fully saturated rings. The van der Waals surface area contributed by atoms with Gasteiger partial charge in [0.15, 0.2) is 0 Å². The van der Waals surface area contributed by atoms with Crippen molar-refractivity contribution in [2.45, 2.75) is 80.5 Å². The standard InChI is InChI=1S/C25H31Cl2N3O5S2/c26-23-6-1-7-24(25(23)27)37(33,34)29-14-2-4-18(29)5-3-15-36(31,32)30-19-8-9-20(30)17-22(16-19)35-21-10-12-28-13-11-21/h1,6-7,10-13,18-20,22H,2-5,8-9,14-17H2/t18?,19-,20+,22?. The number of rotatable bonds is 9. The lowest BCUT2D eigenvalue weighted by molar-refractivity contribution is 0.0956. The van der Waals surface area contributed by atoms with Crippen molar-refractivity contribution in [1.82, 2.24) is 13.6 Å². The van der Waals surface area contributed by atoms with Gasteiger partial charge in [0.2, 0.25) is 20.0 Å². The molecule has 5 rings (SSSR count). The maximum Gasteiger partial charge on any atom is 0.244 e. The van der Waals surface area contributed by atoms with E-state index in [4.69, 9.17) is 27.9 Å². The van der Waals surface area contributed by atoms with Gasteiger partial charge in [-0.05, 0) is 62.8 Å². The predicted molar refractivity (Wildman–Crippen MR) is 143 cm³/mol. The van der Waals surface area contributed by atoms with E-state index in [-0.39, 0.29) is 44.9 Å². The highest BCUT2D eigenvalue weighted by Crippen LogP contribution is 2.40. The molecule has 1 aromatic carbocycles. The quantitative estimate of drug-likeness (QED) is 0.421. The summed E-state index contributed by atoms with van der Waals surface area (Å²) in [6.45, 7) is 0.387. The van der Waals surface area contributed by atoms with E-state index in [2.05, 4.69) is 4.98 Å². The third-order valence-corrected chi connectivity index (χ3v) is 12.6. The number of ether oxygens (including phenoxy) is 1. The van der Waals surface area contributed by atoms with Crippen molar-refractivity contribution in [2.75, 3.05) is 12.3 Å². The first kappa shape index (κ1) is 27.1. The number of aromatic nitrogens is 1. The van der Waals surface area contributed by atoms with Gasteiger partial charge in [0.25, 0.3) is 0 Å². The molecule has 2 unspecified atom stereocenters. The molecule has 202 valence electrons. The van der Waals surface area contributed by atoms with Gasteiger partial charge in [-0.1, -0.05) is 29.3 Å². The maximum absolute atomic E-state index is 13.4. The largest absolute Gasteiger partial charge is 0.490 e. The summed E-state index contributed by atoms with van der Waals surface area (Å²) in [4.78, 5) is 4.00. The van der Waals surface area contributed by atoms with Crippen LogP contribution in [0.5, 0.6) is 5.75 Å². The molecular formula is C25H31Cl2N3O5S2. The van der Waals surface area contributed by atoms with E-state index in [1.165, 1.54) is 10.4 Å². The van der Waals surface area contributed by atoms with Crippen LogP contribution in [0.15, 0.2) is 47.6 Å². The molecule has 3 aliphatic heterocycles. The third-order valence-electron chi connectivity index (χ3n) is 7.66. The number of nitrogens with zero attached hydrogens (tertiary/aromatic N) is 3. The van der Waals surface area contributed by atoms with Crippen molar-refractivity contribution in [3.8, 4) is 5.75 Å². The zero-order valence-corrected chi connectivity index (χ0v) is 23.5. The van der Waals surface area contributed by atoms with Crippen molar-refractivity contribution in [3.05, 3.63) is 52.8 Å². The molecule has 0 amide bonds. The normalized spacial score (nSPS) is 27.0. The Morgan fingerprint density at radius 3 is 2.38 bits per heavy atom. The summed E-state index contributed by atoms with van der Waals surface area (Å²) in [7, 11) is -7.29. The Morgan fingerprint density at radius 1 is 0.973 bits per heavy atom. The van der Waals surface area contributed by atoms with Crippen LogP contribution in [-0.2, 0) is 20.0 Å². The lowest BCUT2D eigenvalue weighted by Crippen LogP contribution is -2.50. The summed E-state index contributed by atoms with van der Waals surface area (Å²) >= 11 is 12.3. The Balaban J connectivity index is 1.19. The van der Waals surface area contributed by atoms with Gasteiger partial charge in [0.05, 0.1) is 15.8 Å². The zero-order valence-electron chi connectivity index (χ0n) is 20.4. The van der Waals surface area contributed by atoms with Gasteiger partial charge in [-0.25, -0.2) is 16.8 Å². The molecule has 12 heteroatoms. The molecule has 3 aliphatic rings. The third kappa shape index (κ3) is 5.65. The predicted octanol–water partition coefficient (Wildman–Crippen LogP) is 4.73. The number of sulfonamides is 2. The molecule has 4 atom stereocenters. The van der Waals surface area contributed by atoms with Crippen LogP contribution >= 0.6 is 23.2 Å². The summed E-state index contributed by atoms with van der Waals surface area (Å²) in [5.74, 6) is 0.767. The van der Waals surface area contributed by atoms with Crippen LogP contribution in [0.3, 0.4) is 0 Å². The minimum atomic E-state index is -3.83. The van der Waals surface area contributed by atoms with Crippen molar-refractivity contribution in [1.29, 1.82) is 0 Å². The maximum atomic E-state index is 13.4. The fourth-order valence-corrected chi connectivity index (χ4v) is 10.6. The molecule has 2 bridgehead atoms. The van der Waals surface area contributed by atoms with Crippen molar-refractivity contribution in [3.63, 3.8) is 0 Å². The van der Waals surface area contributed by atoms with Crippen LogP contribution < -0.4 is 4.74 Å². The first-order valence-electron chi connectivity index (χ1n) is 12.7. The fraction of sp³-hybridized carbons (Fsp3) is 0.560. The average Bonchev–Trinajstić information content (AvgIpc) is 3.45. The monoisotopic (exact) mass is 587 g/mol. The topological polar surface area (TPSA) is 96.9 Å². The summed E-state index contributed by atoms with van der Waals surface area (Å²) < 4.78 is 62.7. The Bertz CT molecular complexity index is 1310. The van der Waals surface area contributed by atoms with E-state index in [0.717, 1.165) is 25.0 Å². The van der Waals surface area contributed by atoms with E-state index >= 15 is 0 Å². The van der Waals surface area contributed by atoms with Gasteiger partial charge in [-0.3, -0.25) is 4.98 Å². The zero-order chi connectivity index (χ0) is 26.2. The first-order valence-corrected chi connectivity index (χ1v) is 16.5. The number of fused-ring (bicyclic) bond motifs is 2. The van der Waals surface area contributed by atoms with E-state index < -0.39 is 20.0 Å². The Labute approximate surface area is 229 Å². The van der Waals surface area contributed by atoms with Gasteiger partial charge >= 0.3 is 0 Å². The number of benzene rings is 1. The minimum Gasteiger partial charge on any atom is -0.490 e. The highest BCUT2D eigenvalue weighted by atomic mass is 35.5. The number of hydrogen-bond donors (Lipinski definition) is 0. The second-order valence-electron chi connectivity index (χ2n) is 10.0. The van der Waals surface area contributed by atoms with Gasteiger partial charge in [-0.15, -0.1) is 0 Å². The lowest BCUT2D eigenvalue weighted by atomic mass is 10.0. The fourth-order valence-electron chi connectivity index (χ4n) is 6.07. The minimum absolute atomic E-state index is 0.00498. The lowest BCUT2D eigenvalue weighted by Gasteiger charge is -2.38. The molecule has 0 radical (unpaired) electrons. The molecule has 2 aromatic rings. The summed E-state index contributed by atoms with van der Waals surface area (Å²) in [5, 5.41) is 0.207. The molecule has 8 nitrogen and oxygen atoms in total. The molecule has 37 heavy (non-hydrogen) atoms. The molecule has 0 aliphatic carbocycles. The molecule has 1 aromatic heterocycles. The summed E-state index contributed by atoms with van der Waals surface area (Å²) in [5.41, 5.74) is 0. The second kappa shape index (κ2) is 11.0. The highest BCUT2D eigenvalue weighted by Gasteiger charge is 2.47. The highest BCUT2D eigenvalue weighted by molar-refractivity contribution is 7.89. The molecule has 3 saturated heterocycles. The van der Waals surface area contributed by atoms with Crippen molar-refractivity contribution in [2.24, 2.45) is 0 Å². The van der Waals surface area contributed by atoms with E-state index in [1.807, 2.05) is 12.1 Å². The van der Waals surface area contributed by atoms with Crippen molar-refractivity contribution < 1.29 is 21.6 Å². The van der Waals surface area contributed by atoms with Crippen LogP contribution in [0.1, 0.15) is 51.4 Å². The van der Waals surface area contributed by atoms with Gasteiger partial charge in [0, 0.05) is 49.9 Å². The molecule has 0 saturated carbocycles. The van der Waals surface area contributed by atoms with Crippen LogP contribution in [0.25, 0.3) is 0 Å². The number of hydrogen-bond acceptors (Lipinski definition) is 6. The summed E-state index contributed by atoms with van der Waals surface area (Å²) in [6, 6.07) is 7.85. The Hall–Kier alpha value is -1.43. The van der Waals surface area contributed by atoms with Gasteiger partial charge < -0.3 is 4.74 Å². The van der Waals surface area contributed by atoms with Crippen LogP contribution in [-0.4, -0.2) is 67.0 Å². The van der Waals surface area contributed by atoms with Crippen molar-refractivity contribution >= 4 is 43.2 Å². The smallest absolute Gasteiger partial charge is 0.244 e. The van der Waals surface area contributed by atoms with Crippen LogP contribution in [0.4, 0.5) is 0 Å². The SMILES string of the molecule is O=S(=O)(CCCC1CCCN1S(=O)(=O)c1cccc(Cl)c1Cl)N1[C@@H]2CC[C@H]1CC(Oc1ccncc1)C2. The van der Waals surface area contributed by atoms with Gasteiger partial charge in [0.1, 0.15) is 16.7 Å². The first-order chi connectivity index (χ1) is 17.7. The molecule has 4 heterocycles. The molecule has 0 N–H and O–H groups in total. The molecular weight excluding hydrogens is 557 g/mol. The van der Waals surface area contributed by atoms with E-state index in [1.54, 1.807) is 28.8 Å². The number of halogens is 2. The second-order valence-corrected chi connectivity index (χ2v) is 14.7. The van der Waals surface area contributed by atoms with E-state index in [0.29, 0.717) is 38.6 Å². The average molecular weight is 589 g/mol. The summed E-state index contributed by atoms with van der Waals surface area (Å²) in [6.07, 6.45) is 8.69.